The average molecular weight is 514 g/mol. The van der Waals surface area contributed by atoms with Crippen molar-refractivity contribution in [3.63, 3.8) is 0 Å². The van der Waals surface area contributed by atoms with Crippen LogP contribution in [0.15, 0.2) is 70.6 Å². The highest BCUT2D eigenvalue weighted by Crippen LogP contribution is 2.35. The second kappa shape index (κ2) is 9.53. The number of hydrogen-bond acceptors (Lipinski definition) is 7. The predicted octanol–water partition coefficient (Wildman–Crippen LogP) is 3.62. The number of carboxylic acids is 1. The summed E-state index contributed by atoms with van der Waals surface area (Å²) in [4.78, 5) is 25.4. The van der Waals surface area contributed by atoms with Gasteiger partial charge in [-0.25, -0.2) is 13.1 Å². The van der Waals surface area contributed by atoms with Crippen LogP contribution in [0.4, 0.5) is 0 Å². The lowest BCUT2D eigenvalue weighted by Gasteiger charge is -2.10. The Morgan fingerprint density at radius 2 is 1.82 bits per heavy atom. The van der Waals surface area contributed by atoms with Gasteiger partial charge < -0.3 is 5.11 Å². The summed E-state index contributed by atoms with van der Waals surface area (Å²) in [5, 5.41) is 13.7. The summed E-state index contributed by atoms with van der Waals surface area (Å²) in [6.07, 6.45) is 3.38. The molecule has 1 aromatic heterocycles. The molecule has 2 heterocycles. The van der Waals surface area contributed by atoms with Crippen LogP contribution in [0.3, 0.4) is 0 Å². The highest BCUT2D eigenvalue weighted by molar-refractivity contribution is 8.26. The van der Waals surface area contributed by atoms with Gasteiger partial charge in [0.1, 0.15) is 10.9 Å². The number of aromatic nitrogens is 2. The summed E-state index contributed by atoms with van der Waals surface area (Å²) in [7, 11) is -3.35. The molecule has 0 unspecified atom stereocenters. The van der Waals surface area contributed by atoms with Crippen LogP contribution in [-0.2, 0) is 19.4 Å². The van der Waals surface area contributed by atoms with Crippen LogP contribution in [0.1, 0.15) is 12.5 Å². The number of rotatable bonds is 7. The monoisotopic (exact) mass is 513 g/mol. The summed E-state index contributed by atoms with van der Waals surface area (Å²) >= 11 is 6.21. The zero-order valence-corrected chi connectivity index (χ0v) is 20.4. The molecule has 3 aromatic rings. The molecule has 1 saturated heterocycles. The van der Waals surface area contributed by atoms with Crippen molar-refractivity contribution >= 4 is 56.1 Å². The van der Waals surface area contributed by atoms with Crippen LogP contribution in [0.25, 0.3) is 23.0 Å². The third-order valence-electron chi connectivity index (χ3n) is 5.08. The zero-order valence-electron chi connectivity index (χ0n) is 17.9. The second-order valence-electron chi connectivity index (χ2n) is 7.30. The Kier molecular flexibility index (Phi) is 6.69. The summed E-state index contributed by atoms with van der Waals surface area (Å²) in [6.45, 7) is 1.08. The molecule has 0 bridgehead atoms. The maximum absolute atomic E-state index is 12.8. The van der Waals surface area contributed by atoms with Gasteiger partial charge in [-0.15, -0.1) is 0 Å². The molecule has 1 amide bonds. The van der Waals surface area contributed by atoms with E-state index in [-0.39, 0.29) is 19.9 Å². The lowest BCUT2D eigenvalue weighted by atomic mass is 10.1. The molecule has 174 valence electrons. The predicted molar refractivity (Wildman–Crippen MR) is 134 cm³/mol. The third-order valence-corrected chi connectivity index (χ3v) is 8.21. The van der Waals surface area contributed by atoms with Crippen molar-refractivity contribution in [2.75, 3.05) is 12.3 Å². The summed E-state index contributed by atoms with van der Waals surface area (Å²) < 4.78 is 26.2. The topological polar surface area (TPSA) is 110 Å². The molecular weight excluding hydrogens is 494 g/mol. The molecule has 0 spiro atoms. The van der Waals surface area contributed by atoms with Crippen LogP contribution in [0.2, 0.25) is 0 Å². The van der Waals surface area contributed by atoms with Gasteiger partial charge in [0, 0.05) is 17.3 Å². The van der Waals surface area contributed by atoms with Crippen LogP contribution < -0.4 is 0 Å². The van der Waals surface area contributed by atoms with E-state index in [9.17, 15) is 18.0 Å². The van der Waals surface area contributed by atoms with E-state index in [1.807, 2.05) is 30.3 Å². The smallest absolute Gasteiger partial charge is 0.323 e. The Morgan fingerprint density at radius 1 is 1.15 bits per heavy atom. The fourth-order valence-electron chi connectivity index (χ4n) is 3.33. The second-order valence-corrected chi connectivity index (χ2v) is 11.3. The highest BCUT2D eigenvalue weighted by Gasteiger charge is 2.33. The van der Waals surface area contributed by atoms with Gasteiger partial charge in [0.25, 0.3) is 5.91 Å². The summed E-state index contributed by atoms with van der Waals surface area (Å²) in [5.41, 5.74) is 2.60. The minimum absolute atomic E-state index is 0.00157. The molecular formula is C23H19N3O5S3. The van der Waals surface area contributed by atoms with Crippen molar-refractivity contribution < 1.29 is 23.1 Å². The van der Waals surface area contributed by atoms with E-state index in [4.69, 9.17) is 17.3 Å². The fraction of sp³-hybridized carbons (Fsp3) is 0.130. The normalized spacial score (nSPS) is 15.3. The van der Waals surface area contributed by atoms with Gasteiger partial charge in [0.05, 0.1) is 26.9 Å². The summed E-state index contributed by atoms with van der Waals surface area (Å²) in [5.74, 6) is -1.64. The molecule has 1 aliphatic heterocycles. The minimum Gasteiger partial charge on any atom is -0.480 e. The maximum atomic E-state index is 12.8. The Morgan fingerprint density at radius 3 is 2.44 bits per heavy atom. The number of nitrogens with zero attached hydrogens (tertiary/aromatic N) is 3. The quantitative estimate of drug-likeness (QED) is 0.377. The van der Waals surface area contributed by atoms with E-state index >= 15 is 0 Å². The van der Waals surface area contributed by atoms with Gasteiger partial charge in [-0.3, -0.25) is 14.5 Å². The number of para-hydroxylation sites is 1. The van der Waals surface area contributed by atoms with Crippen LogP contribution in [-0.4, -0.2) is 56.7 Å². The number of aliphatic carboxylic acids is 1. The van der Waals surface area contributed by atoms with E-state index in [1.165, 1.54) is 12.1 Å². The van der Waals surface area contributed by atoms with Gasteiger partial charge in [0.2, 0.25) is 0 Å². The molecule has 4 rings (SSSR count). The van der Waals surface area contributed by atoms with Gasteiger partial charge in [0.15, 0.2) is 9.84 Å². The van der Waals surface area contributed by atoms with Crippen molar-refractivity contribution in [2.45, 2.75) is 11.8 Å². The first-order valence-corrected chi connectivity index (χ1v) is 13.0. The number of amides is 1. The van der Waals surface area contributed by atoms with Crippen LogP contribution in [0.5, 0.6) is 0 Å². The number of sulfone groups is 1. The Labute approximate surface area is 205 Å². The number of thioether (sulfide) groups is 1. The zero-order chi connectivity index (χ0) is 24.5. The molecule has 0 aliphatic carbocycles. The van der Waals surface area contributed by atoms with E-state index in [2.05, 4.69) is 5.10 Å². The maximum Gasteiger partial charge on any atom is 0.323 e. The van der Waals surface area contributed by atoms with E-state index in [0.29, 0.717) is 16.8 Å². The van der Waals surface area contributed by atoms with Gasteiger partial charge in [-0.05, 0) is 30.3 Å². The number of thiocarbonyl (C=S) groups is 1. The molecule has 8 nitrogen and oxygen atoms in total. The first-order chi connectivity index (χ1) is 16.2. The van der Waals surface area contributed by atoms with Crippen molar-refractivity contribution in [3.8, 4) is 16.9 Å². The number of carboxylic acid groups (broad SMARTS) is 1. The van der Waals surface area contributed by atoms with Gasteiger partial charge in [-0.2, -0.15) is 5.10 Å². The standard InChI is InChI=1S/C23H19N3O5S3/c1-2-34(30,31)18-10-8-15(9-11-18)21-16(13-26(24-21)17-6-4-3-5-7-17)12-19-22(29)25(14-20(27)28)23(32)33-19/h3-13H,2,14H2,1H3,(H,27,28). The van der Waals surface area contributed by atoms with Crippen molar-refractivity contribution in [1.29, 1.82) is 0 Å². The molecule has 1 fully saturated rings. The summed E-state index contributed by atoms with van der Waals surface area (Å²) in [6, 6.07) is 15.8. The third kappa shape index (κ3) is 4.81. The number of benzene rings is 2. The van der Waals surface area contributed by atoms with Crippen molar-refractivity contribution in [3.05, 3.63) is 71.3 Å². The molecule has 0 atom stereocenters. The minimum atomic E-state index is -3.35. The largest absolute Gasteiger partial charge is 0.480 e. The van der Waals surface area contributed by atoms with E-state index in [0.717, 1.165) is 22.3 Å². The number of hydrogen-bond donors (Lipinski definition) is 1. The van der Waals surface area contributed by atoms with Crippen molar-refractivity contribution in [1.82, 2.24) is 14.7 Å². The van der Waals surface area contributed by atoms with Gasteiger partial charge >= 0.3 is 5.97 Å². The molecule has 2 aromatic carbocycles. The molecule has 1 N–H and O–H groups in total. The molecule has 0 saturated carbocycles. The van der Waals surface area contributed by atoms with Gasteiger partial charge in [-0.1, -0.05) is 61.2 Å². The first-order valence-electron chi connectivity index (χ1n) is 10.1. The lowest BCUT2D eigenvalue weighted by molar-refractivity contribution is -0.140. The van der Waals surface area contributed by atoms with Crippen LogP contribution in [0, 0.1) is 0 Å². The Hall–Kier alpha value is -3.28. The lowest BCUT2D eigenvalue weighted by Crippen LogP contribution is -2.33. The number of carbonyl (C=O) groups is 2. The molecule has 34 heavy (non-hydrogen) atoms. The number of carbonyl (C=O) groups excluding carboxylic acids is 1. The van der Waals surface area contributed by atoms with Crippen LogP contribution >= 0.6 is 24.0 Å². The van der Waals surface area contributed by atoms with E-state index < -0.39 is 28.3 Å². The Balaban J connectivity index is 1.79. The SMILES string of the molecule is CCS(=O)(=O)c1ccc(-c2nn(-c3ccccc3)cc2C=C2SC(=S)N(CC(=O)O)C2=O)cc1. The molecule has 0 radical (unpaired) electrons. The highest BCUT2D eigenvalue weighted by atomic mass is 32.2. The molecule has 1 aliphatic rings. The molecule has 11 heteroatoms. The van der Waals surface area contributed by atoms with Crippen molar-refractivity contribution in [2.24, 2.45) is 0 Å². The Bertz CT molecular complexity index is 1410. The fourth-order valence-corrected chi connectivity index (χ4v) is 5.46. The van der Waals surface area contributed by atoms with E-state index in [1.54, 1.807) is 36.0 Å². The average Bonchev–Trinajstić information content (AvgIpc) is 3.36. The first kappa shape index (κ1) is 23.9.